The zero-order valence-corrected chi connectivity index (χ0v) is 16.2. The molecule has 0 radical (unpaired) electrons. The average molecular weight is 406 g/mol. The number of sulfone groups is 1. The van der Waals surface area contributed by atoms with Gasteiger partial charge in [0, 0.05) is 13.1 Å². The van der Waals surface area contributed by atoms with Crippen molar-refractivity contribution in [2.24, 2.45) is 0 Å². The highest BCUT2D eigenvalue weighted by molar-refractivity contribution is 7.91. The topological polar surface area (TPSA) is 99.2 Å². The lowest BCUT2D eigenvalue weighted by Crippen LogP contribution is -2.40. The summed E-state index contributed by atoms with van der Waals surface area (Å²) in [5.74, 6) is -0.718. The number of likely N-dealkylation sites (N-methyl/N-ethyl adjacent to an activating group) is 1. The maximum Gasteiger partial charge on any atom is 0.338 e. The number of amides is 1. The number of rotatable bonds is 6. The van der Waals surface area contributed by atoms with Crippen LogP contribution in [0.3, 0.4) is 0 Å². The van der Waals surface area contributed by atoms with Gasteiger partial charge in [0.1, 0.15) is 0 Å². The second-order valence-electron chi connectivity index (χ2n) is 5.83. The molecule has 1 fully saturated rings. The van der Waals surface area contributed by atoms with Crippen LogP contribution >= 0.6 is 11.6 Å². The largest absolute Gasteiger partial charge is 0.493 e. The summed E-state index contributed by atoms with van der Waals surface area (Å²) in [6, 6.07) is 2.34. The van der Waals surface area contributed by atoms with Crippen LogP contribution in [0, 0.1) is 0 Å². The molecule has 1 aliphatic heterocycles. The Morgan fingerprint density at radius 2 is 1.96 bits per heavy atom. The highest BCUT2D eigenvalue weighted by Crippen LogP contribution is 2.36. The summed E-state index contributed by atoms with van der Waals surface area (Å²) >= 11 is 6.04. The number of hydrogen-bond acceptors (Lipinski definition) is 7. The lowest BCUT2D eigenvalue weighted by molar-refractivity contribution is -0.134. The van der Waals surface area contributed by atoms with Crippen molar-refractivity contribution >= 4 is 33.3 Å². The van der Waals surface area contributed by atoms with Crippen molar-refractivity contribution in [2.75, 3.05) is 39.4 Å². The van der Waals surface area contributed by atoms with Crippen LogP contribution in [-0.4, -0.2) is 70.6 Å². The Morgan fingerprint density at radius 3 is 2.50 bits per heavy atom. The van der Waals surface area contributed by atoms with Crippen molar-refractivity contribution in [1.29, 1.82) is 0 Å². The molecule has 1 saturated heterocycles. The Balaban J connectivity index is 2.00. The summed E-state index contributed by atoms with van der Waals surface area (Å²) in [6.45, 7) is -0.502. The summed E-state index contributed by atoms with van der Waals surface area (Å²) in [5.41, 5.74) is 0.103. The lowest BCUT2D eigenvalue weighted by Gasteiger charge is -2.23. The maximum absolute atomic E-state index is 12.2. The number of carbonyl (C=O) groups excluding carboxylic acids is 2. The van der Waals surface area contributed by atoms with Crippen molar-refractivity contribution in [3.8, 4) is 11.5 Å². The number of methoxy groups -OCH3 is 2. The van der Waals surface area contributed by atoms with Crippen LogP contribution < -0.4 is 9.47 Å². The quantitative estimate of drug-likeness (QED) is 0.655. The summed E-state index contributed by atoms with van der Waals surface area (Å²) < 4.78 is 38.2. The standard InChI is InChI=1S/C16H20ClNO7S/c1-18(11-4-5-26(21,22)9-11)14(19)8-25-16(20)10-6-12(17)15(24-3)13(7-10)23-2/h6-7,11H,4-5,8-9H2,1-3H3/t11-/m1/s1. The highest BCUT2D eigenvalue weighted by atomic mass is 35.5. The predicted molar refractivity (Wildman–Crippen MR) is 94.7 cm³/mol. The van der Waals surface area contributed by atoms with Gasteiger partial charge in [-0.05, 0) is 18.6 Å². The minimum absolute atomic E-state index is 0.0548. The molecule has 1 atom stereocenters. The Labute approximate surface area is 156 Å². The van der Waals surface area contributed by atoms with Gasteiger partial charge in [-0.25, -0.2) is 13.2 Å². The minimum atomic E-state index is -3.11. The van der Waals surface area contributed by atoms with Crippen LogP contribution in [0.25, 0.3) is 0 Å². The number of hydrogen-bond donors (Lipinski definition) is 0. The molecule has 144 valence electrons. The fourth-order valence-electron chi connectivity index (χ4n) is 2.63. The molecule has 1 aromatic carbocycles. The number of halogens is 1. The molecule has 0 saturated carbocycles. The molecule has 1 aliphatic rings. The Hall–Kier alpha value is -2.00. The van der Waals surface area contributed by atoms with Crippen molar-refractivity contribution in [1.82, 2.24) is 4.90 Å². The first-order chi connectivity index (χ1) is 12.2. The van der Waals surface area contributed by atoms with Crippen LogP contribution in [0.2, 0.25) is 5.02 Å². The second-order valence-corrected chi connectivity index (χ2v) is 8.47. The first kappa shape index (κ1) is 20.3. The molecule has 1 aromatic rings. The highest BCUT2D eigenvalue weighted by Gasteiger charge is 2.33. The summed E-state index contributed by atoms with van der Waals surface area (Å²) in [5, 5.41) is 0.165. The molecule has 0 aliphatic carbocycles. The zero-order chi connectivity index (χ0) is 19.5. The van der Waals surface area contributed by atoms with E-state index in [-0.39, 0.29) is 33.6 Å². The molecule has 2 rings (SSSR count). The molecule has 1 heterocycles. The Morgan fingerprint density at radius 1 is 1.27 bits per heavy atom. The Kier molecular flexibility index (Phi) is 6.35. The van der Waals surface area contributed by atoms with Gasteiger partial charge in [0.15, 0.2) is 27.9 Å². The van der Waals surface area contributed by atoms with Crippen LogP contribution in [0.4, 0.5) is 0 Å². The normalized spacial score (nSPS) is 18.2. The number of benzene rings is 1. The summed E-state index contributed by atoms with van der Waals surface area (Å²) in [7, 11) is 1.20. The van der Waals surface area contributed by atoms with Gasteiger partial charge in [-0.3, -0.25) is 4.79 Å². The number of esters is 1. The van der Waals surface area contributed by atoms with Gasteiger partial charge in [0.25, 0.3) is 5.91 Å². The third-order valence-corrected chi connectivity index (χ3v) is 6.18. The van der Waals surface area contributed by atoms with E-state index in [9.17, 15) is 18.0 Å². The summed E-state index contributed by atoms with van der Waals surface area (Å²) in [6.07, 6.45) is 0.379. The summed E-state index contributed by atoms with van der Waals surface area (Å²) in [4.78, 5) is 25.6. The molecule has 1 amide bonds. The molecule has 26 heavy (non-hydrogen) atoms. The van der Waals surface area contributed by atoms with Gasteiger partial charge < -0.3 is 19.1 Å². The number of ether oxygens (including phenoxy) is 3. The van der Waals surface area contributed by atoms with E-state index < -0.39 is 34.4 Å². The zero-order valence-electron chi connectivity index (χ0n) is 14.7. The van der Waals surface area contributed by atoms with Crippen molar-refractivity contribution in [3.05, 3.63) is 22.7 Å². The van der Waals surface area contributed by atoms with E-state index in [1.165, 1.54) is 38.3 Å². The van der Waals surface area contributed by atoms with Crippen LogP contribution in [0.15, 0.2) is 12.1 Å². The van der Waals surface area contributed by atoms with Crippen molar-refractivity contribution in [3.63, 3.8) is 0 Å². The third kappa shape index (κ3) is 4.59. The molecule has 0 bridgehead atoms. The van der Waals surface area contributed by atoms with Gasteiger partial charge in [0.2, 0.25) is 0 Å². The molecule has 10 heteroatoms. The van der Waals surface area contributed by atoms with Gasteiger partial charge in [0.05, 0.1) is 36.3 Å². The molecule has 0 unspecified atom stereocenters. The molecule has 0 aromatic heterocycles. The maximum atomic E-state index is 12.2. The van der Waals surface area contributed by atoms with Crippen LogP contribution in [0.1, 0.15) is 16.8 Å². The Bertz CT molecular complexity index is 809. The van der Waals surface area contributed by atoms with Crippen LogP contribution in [0.5, 0.6) is 11.5 Å². The van der Waals surface area contributed by atoms with Crippen molar-refractivity contribution < 1.29 is 32.2 Å². The van der Waals surface area contributed by atoms with Gasteiger partial charge in [-0.15, -0.1) is 0 Å². The third-order valence-electron chi connectivity index (χ3n) is 4.15. The molecule has 8 nitrogen and oxygen atoms in total. The average Bonchev–Trinajstić information content (AvgIpc) is 2.97. The van der Waals surface area contributed by atoms with Gasteiger partial charge in [-0.1, -0.05) is 11.6 Å². The molecular formula is C16H20ClNO7S. The van der Waals surface area contributed by atoms with E-state index >= 15 is 0 Å². The molecule has 0 spiro atoms. The van der Waals surface area contributed by atoms with Crippen molar-refractivity contribution in [2.45, 2.75) is 12.5 Å². The van der Waals surface area contributed by atoms with E-state index in [0.29, 0.717) is 6.42 Å². The monoisotopic (exact) mass is 405 g/mol. The fraction of sp³-hybridized carbons (Fsp3) is 0.500. The van der Waals surface area contributed by atoms with Gasteiger partial charge in [-0.2, -0.15) is 0 Å². The first-order valence-corrected chi connectivity index (χ1v) is 9.93. The van der Waals surface area contributed by atoms with E-state index in [4.69, 9.17) is 25.8 Å². The van der Waals surface area contributed by atoms with Crippen LogP contribution in [-0.2, 0) is 19.4 Å². The molecular weight excluding hydrogens is 386 g/mol. The number of carbonyl (C=O) groups is 2. The fourth-order valence-corrected chi connectivity index (χ4v) is 4.69. The SMILES string of the molecule is COc1cc(C(=O)OCC(=O)N(C)[C@@H]2CCS(=O)(=O)C2)cc(Cl)c1OC. The minimum Gasteiger partial charge on any atom is -0.493 e. The lowest BCUT2D eigenvalue weighted by atomic mass is 10.2. The van der Waals surface area contributed by atoms with E-state index in [1.54, 1.807) is 0 Å². The first-order valence-electron chi connectivity index (χ1n) is 7.73. The molecule has 0 N–H and O–H groups in total. The van der Waals surface area contributed by atoms with Gasteiger partial charge >= 0.3 is 5.97 Å². The predicted octanol–water partition coefficient (Wildman–Crippen LogP) is 1.16. The van der Waals surface area contributed by atoms with E-state index in [1.807, 2.05) is 0 Å². The second kappa shape index (κ2) is 8.13. The smallest absolute Gasteiger partial charge is 0.338 e. The van der Waals surface area contributed by atoms with E-state index in [2.05, 4.69) is 0 Å². The van der Waals surface area contributed by atoms with E-state index in [0.717, 1.165) is 0 Å². The number of nitrogens with zero attached hydrogens (tertiary/aromatic N) is 1.